The molecule has 1 heterocycles. The number of carbonyl (C=O) groups excluding carboxylic acids is 1. The fourth-order valence-electron chi connectivity index (χ4n) is 2.31. The van der Waals surface area contributed by atoms with Crippen LogP contribution in [0.1, 0.15) is 12.8 Å². The van der Waals surface area contributed by atoms with Gasteiger partial charge in [0.15, 0.2) is 0 Å². The lowest BCUT2D eigenvalue weighted by atomic mass is 9.99. The third-order valence-corrected chi connectivity index (χ3v) is 4.86. The van der Waals surface area contributed by atoms with Gasteiger partial charge in [-0.1, -0.05) is 0 Å². The maximum Gasteiger partial charge on any atom is 0.240 e. The zero-order valence-corrected chi connectivity index (χ0v) is 11.7. The van der Waals surface area contributed by atoms with Crippen LogP contribution < -0.4 is 9.62 Å². The van der Waals surface area contributed by atoms with Crippen molar-refractivity contribution in [2.24, 2.45) is 5.92 Å². The summed E-state index contributed by atoms with van der Waals surface area (Å²) in [5.74, 6) is 0.0782. The molecular formula is C13H18N2O3S. The number of nitrogens with zero attached hydrogens (tertiary/aromatic N) is 1. The number of rotatable bonds is 4. The van der Waals surface area contributed by atoms with Crippen molar-refractivity contribution >= 4 is 22.0 Å². The molecule has 1 aromatic rings. The summed E-state index contributed by atoms with van der Waals surface area (Å²) < 4.78 is 25.5. The normalized spacial score (nSPS) is 20.3. The molecule has 1 aliphatic rings. The molecule has 0 amide bonds. The Labute approximate surface area is 113 Å². The number of anilines is 1. The lowest BCUT2D eigenvalue weighted by Crippen LogP contribution is -2.35. The van der Waals surface area contributed by atoms with E-state index in [1.54, 1.807) is 24.3 Å². The van der Waals surface area contributed by atoms with Crippen LogP contribution in [0.3, 0.4) is 0 Å². The number of aldehydes is 1. The van der Waals surface area contributed by atoms with Gasteiger partial charge in [-0.25, -0.2) is 13.1 Å². The van der Waals surface area contributed by atoms with Gasteiger partial charge in [0.25, 0.3) is 0 Å². The molecule has 5 nitrogen and oxygen atoms in total. The summed E-state index contributed by atoms with van der Waals surface area (Å²) in [6, 6.07) is 6.76. The molecule has 1 N–H and O–H groups in total. The topological polar surface area (TPSA) is 66.5 Å². The quantitative estimate of drug-likeness (QED) is 0.837. The van der Waals surface area contributed by atoms with Gasteiger partial charge in [0.2, 0.25) is 10.0 Å². The lowest BCUT2D eigenvalue weighted by molar-refractivity contribution is -0.111. The molecule has 0 aliphatic carbocycles. The second-order valence-corrected chi connectivity index (χ2v) is 6.57. The van der Waals surface area contributed by atoms with Gasteiger partial charge in [-0.2, -0.15) is 0 Å². The van der Waals surface area contributed by atoms with Crippen molar-refractivity contribution in [3.05, 3.63) is 24.3 Å². The average molecular weight is 282 g/mol. The summed E-state index contributed by atoms with van der Waals surface area (Å²) in [5.41, 5.74) is 0.960. The Bertz CT molecular complexity index is 540. The molecule has 1 fully saturated rings. The molecule has 1 unspecified atom stereocenters. The van der Waals surface area contributed by atoms with Gasteiger partial charge >= 0.3 is 0 Å². The number of sulfonamides is 1. The molecule has 0 radical (unpaired) electrons. The van der Waals surface area contributed by atoms with Crippen molar-refractivity contribution in [1.82, 2.24) is 4.72 Å². The Morgan fingerprint density at radius 3 is 2.58 bits per heavy atom. The van der Waals surface area contributed by atoms with E-state index in [0.717, 1.165) is 31.4 Å². The smallest absolute Gasteiger partial charge is 0.240 e. The summed E-state index contributed by atoms with van der Waals surface area (Å²) in [7, 11) is -1.99. The summed E-state index contributed by atoms with van der Waals surface area (Å²) >= 11 is 0. The average Bonchev–Trinajstić information content (AvgIpc) is 2.47. The first-order chi connectivity index (χ1) is 9.06. The van der Waals surface area contributed by atoms with Gasteiger partial charge in [-0.05, 0) is 44.2 Å². The fourth-order valence-corrected chi connectivity index (χ4v) is 3.04. The Balaban J connectivity index is 2.16. The van der Waals surface area contributed by atoms with E-state index in [1.165, 1.54) is 7.05 Å². The summed E-state index contributed by atoms with van der Waals surface area (Å²) in [5, 5.41) is 0. The third-order valence-electron chi connectivity index (χ3n) is 3.43. The third kappa shape index (κ3) is 3.13. The number of hydrogen-bond acceptors (Lipinski definition) is 4. The first-order valence-corrected chi connectivity index (χ1v) is 7.79. The van der Waals surface area contributed by atoms with E-state index in [9.17, 15) is 13.2 Å². The molecule has 1 aromatic carbocycles. The summed E-state index contributed by atoms with van der Waals surface area (Å²) in [6.07, 6.45) is 2.93. The van der Waals surface area contributed by atoms with Crippen molar-refractivity contribution in [2.75, 3.05) is 25.0 Å². The zero-order chi connectivity index (χ0) is 13.9. The first kappa shape index (κ1) is 14.0. The van der Waals surface area contributed by atoms with Gasteiger partial charge in [-0.3, -0.25) is 0 Å². The van der Waals surface area contributed by atoms with Crippen molar-refractivity contribution in [1.29, 1.82) is 0 Å². The fraction of sp³-hybridized carbons (Fsp3) is 0.462. The van der Waals surface area contributed by atoms with Crippen molar-refractivity contribution < 1.29 is 13.2 Å². The lowest BCUT2D eigenvalue weighted by Gasteiger charge is -2.32. The van der Waals surface area contributed by atoms with E-state index in [-0.39, 0.29) is 10.8 Å². The van der Waals surface area contributed by atoms with Crippen LogP contribution in [0.2, 0.25) is 0 Å². The molecule has 1 aliphatic heterocycles. The molecule has 0 saturated carbocycles. The molecule has 104 valence electrons. The number of piperidine rings is 1. The monoisotopic (exact) mass is 282 g/mol. The number of hydrogen-bond donors (Lipinski definition) is 1. The molecule has 0 aromatic heterocycles. The number of benzene rings is 1. The van der Waals surface area contributed by atoms with Gasteiger partial charge < -0.3 is 9.69 Å². The van der Waals surface area contributed by atoms with E-state index in [0.29, 0.717) is 6.54 Å². The van der Waals surface area contributed by atoms with Crippen LogP contribution in [0, 0.1) is 5.92 Å². The van der Waals surface area contributed by atoms with Crippen LogP contribution in [0.15, 0.2) is 29.2 Å². The standard InChI is InChI=1S/C13H18N2O3S/c1-14-19(17,18)13-6-4-12(5-7-13)15-8-2-3-11(9-15)10-16/h4-7,10-11,14H,2-3,8-9H2,1H3. The van der Waals surface area contributed by atoms with E-state index in [1.807, 2.05) is 0 Å². The second kappa shape index (κ2) is 5.71. The predicted molar refractivity (Wildman–Crippen MR) is 73.7 cm³/mol. The number of nitrogens with one attached hydrogen (secondary N) is 1. The van der Waals surface area contributed by atoms with Crippen molar-refractivity contribution in [2.45, 2.75) is 17.7 Å². The Morgan fingerprint density at radius 2 is 2.00 bits per heavy atom. The Morgan fingerprint density at radius 1 is 1.32 bits per heavy atom. The van der Waals surface area contributed by atoms with E-state index in [4.69, 9.17) is 0 Å². The van der Waals surface area contributed by atoms with Crippen LogP contribution in [0.5, 0.6) is 0 Å². The number of carbonyl (C=O) groups is 1. The zero-order valence-electron chi connectivity index (χ0n) is 10.9. The molecule has 19 heavy (non-hydrogen) atoms. The molecule has 6 heteroatoms. The van der Waals surface area contributed by atoms with Crippen LogP contribution in [-0.4, -0.2) is 34.8 Å². The summed E-state index contributed by atoms with van der Waals surface area (Å²) in [6.45, 7) is 1.62. The minimum Gasteiger partial charge on any atom is -0.371 e. The van der Waals surface area contributed by atoms with Crippen LogP contribution in [-0.2, 0) is 14.8 Å². The van der Waals surface area contributed by atoms with Gasteiger partial charge in [0, 0.05) is 24.7 Å². The Kier molecular flexibility index (Phi) is 4.21. The van der Waals surface area contributed by atoms with Gasteiger partial charge in [0.1, 0.15) is 6.29 Å². The van der Waals surface area contributed by atoms with E-state index >= 15 is 0 Å². The van der Waals surface area contributed by atoms with E-state index < -0.39 is 10.0 Å². The highest BCUT2D eigenvalue weighted by Gasteiger charge is 2.20. The molecule has 0 spiro atoms. The maximum atomic E-state index is 11.6. The second-order valence-electron chi connectivity index (χ2n) is 4.69. The van der Waals surface area contributed by atoms with E-state index in [2.05, 4.69) is 9.62 Å². The summed E-state index contributed by atoms with van der Waals surface area (Å²) in [4.78, 5) is 13.2. The van der Waals surface area contributed by atoms with Crippen LogP contribution in [0.4, 0.5) is 5.69 Å². The molecule has 1 atom stereocenters. The van der Waals surface area contributed by atoms with Gasteiger partial charge in [0.05, 0.1) is 4.90 Å². The largest absolute Gasteiger partial charge is 0.371 e. The minimum atomic E-state index is -3.39. The van der Waals surface area contributed by atoms with Gasteiger partial charge in [-0.15, -0.1) is 0 Å². The first-order valence-electron chi connectivity index (χ1n) is 6.30. The SMILES string of the molecule is CNS(=O)(=O)c1ccc(N2CCCC(C=O)C2)cc1. The molecule has 1 saturated heterocycles. The van der Waals surface area contributed by atoms with Crippen LogP contribution in [0.25, 0.3) is 0 Å². The van der Waals surface area contributed by atoms with Crippen molar-refractivity contribution in [3.8, 4) is 0 Å². The van der Waals surface area contributed by atoms with Crippen LogP contribution >= 0.6 is 0 Å². The Hall–Kier alpha value is -1.40. The predicted octanol–water partition coefficient (Wildman–Crippen LogP) is 1.01. The highest BCUT2D eigenvalue weighted by Crippen LogP contribution is 2.23. The molecular weight excluding hydrogens is 264 g/mol. The van der Waals surface area contributed by atoms with Crippen molar-refractivity contribution in [3.63, 3.8) is 0 Å². The highest BCUT2D eigenvalue weighted by molar-refractivity contribution is 7.89. The minimum absolute atomic E-state index is 0.0782. The highest BCUT2D eigenvalue weighted by atomic mass is 32.2. The molecule has 2 rings (SSSR count). The maximum absolute atomic E-state index is 11.6. The molecule has 0 bridgehead atoms.